The summed E-state index contributed by atoms with van der Waals surface area (Å²) in [6.45, 7) is 3.30. The largest absolute Gasteiger partial charge is 0.355 e. The van der Waals surface area contributed by atoms with Gasteiger partial charge in [-0.1, -0.05) is 23.7 Å². The number of para-hydroxylation sites is 1. The van der Waals surface area contributed by atoms with E-state index in [9.17, 15) is 9.59 Å². The van der Waals surface area contributed by atoms with Crippen LogP contribution in [-0.2, 0) is 6.54 Å². The topological polar surface area (TPSA) is 65.5 Å². The SMILES string of the molecule is CCN(c1nc(CN(C(=O)c2ccc(Cl)cc2)c2ccccc2C(=O)NC)cs1)C1CC1. The van der Waals surface area contributed by atoms with Crippen LogP contribution in [0.5, 0.6) is 0 Å². The number of amides is 2. The fourth-order valence-electron chi connectivity index (χ4n) is 3.65. The van der Waals surface area contributed by atoms with E-state index in [2.05, 4.69) is 17.1 Å². The van der Waals surface area contributed by atoms with Gasteiger partial charge in [0.15, 0.2) is 5.13 Å². The third-order valence-electron chi connectivity index (χ3n) is 5.44. The highest BCUT2D eigenvalue weighted by Gasteiger charge is 2.30. The summed E-state index contributed by atoms with van der Waals surface area (Å²) in [5.74, 6) is -0.471. The minimum Gasteiger partial charge on any atom is -0.355 e. The molecule has 1 aliphatic carbocycles. The lowest BCUT2D eigenvalue weighted by Crippen LogP contribution is -2.33. The Kier molecular flexibility index (Phi) is 6.77. The molecule has 1 fully saturated rings. The minimum atomic E-state index is -0.251. The fourth-order valence-corrected chi connectivity index (χ4v) is 4.73. The Bertz CT molecular complexity index is 1110. The summed E-state index contributed by atoms with van der Waals surface area (Å²) < 4.78 is 0. The molecule has 2 amide bonds. The monoisotopic (exact) mass is 468 g/mol. The smallest absolute Gasteiger partial charge is 0.258 e. The van der Waals surface area contributed by atoms with Crippen LogP contribution in [-0.4, -0.2) is 36.4 Å². The molecule has 1 heterocycles. The van der Waals surface area contributed by atoms with E-state index < -0.39 is 0 Å². The van der Waals surface area contributed by atoms with Crippen LogP contribution < -0.4 is 15.1 Å². The van der Waals surface area contributed by atoms with E-state index in [1.54, 1.807) is 65.7 Å². The van der Waals surface area contributed by atoms with E-state index in [0.29, 0.717) is 27.9 Å². The van der Waals surface area contributed by atoms with Gasteiger partial charge in [-0.15, -0.1) is 11.3 Å². The van der Waals surface area contributed by atoms with Crippen LogP contribution >= 0.6 is 22.9 Å². The van der Waals surface area contributed by atoms with Crippen molar-refractivity contribution >= 4 is 45.6 Å². The van der Waals surface area contributed by atoms with E-state index in [4.69, 9.17) is 16.6 Å². The predicted molar refractivity (Wildman–Crippen MR) is 130 cm³/mol. The van der Waals surface area contributed by atoms with E-state index in [1.165, 1.54) is 12.8 Å². The van der Waals surface area contributed by atoms with Crippen LogP contribution in [0.25, 0.3) is 0 Å². The van der Waals surface area contributed by atoms with E-state index >= 15 is 0 Å². The fraction of sp³-hybridized carbons (Fsp3) is 0.292. The molecule has 1 saturated carbocycles. The van der Waals surface area contributed by atoms with E-state index in [-0.39, 0.29) is 18.4 Å². The summed E-state index contributed by atoms with van der Waals surface area (Å²) in [4.78, 5) is 34.8. The van der Waals surface area contributed by atoms with Crippen molar-refractivity contribution in [3.05, 3.63) is 75.8 Å². The van der Waals surface area contributed by atoms with Gasteiger partial charge in [0.2, 0.25) is 0 Å². The maximum absolute atomic E-state index is 13.6. The standard InChI is InChI=1S/C24H25ClN4O2S/c1-3-28(19-12-13-19)24-27-18(15-32-24)14-29(23(31)16-8-10-17(25)11-9-16)21-7-5-4-6-20(21)22(30)26-2/h4-11,15,19H,3,12-14H2,1-2H3,(H,26,30). The van der Waals surface area contributed by atoms with Gasteiger partial charge in [0.1, 0.15) is 0 Å². The highest BCUT2D eigenvalue weighted by molar-refractivity contribution is 7.13. The van der Waals surface area contributed by atoms with Crippen LogP contribution in [0.2, 0.25) is 5.02 Å². The first kappa shape index (κ1) is 22.3. The molecular weight excluding hydrogens is 444 g/mol. The van der Waals surface area contributed by atoms with Gasteiger partial charge >= 0.3 is 0 Å². The van der Waals surface area contributed by atoms with Crippen molar-refractivity contribution in [3.8, 4) is 0 Å². The number of carbonyl (C=O) groups excluding carboxylic acids is 2. The number of nitrogens with one attached hydrogen (secondary N) is 1. The number of anilines is 2. The van der Waals surface area contributed by atoms with E-state index in [1.807, 2.05) is 11.4 Å². The average molecular weight is 469 g/mol. The highest BCUT2D eigenvalue weighted by atomic mass is 35.5. The third kappa shape index (κ3) is 4.79. The van der Waals surface area contributed by atoms with Gasteiger partial charge in [-0.25, -0.2) is 4.98 Å². The van der Waals surface area contributed by atoms with Crippen LogP contribution in [0.1, 0.15) is 46.2 Å². The first-order chi connectivity index (χ1) is 15.5. The Labute approximate surface area is 196 Å². The Morgan fingerprint density at radius 2 is 1.88 bits per heavy atom. The maximum Gasteiger partial charge on any atom is 0.258 e. The van der Waals surface area contributed by atoms with Crippen LogP contribution in [0.4, 0.5) is 10.8 Å². The second-order valence-electron chi connectivity index (χ2n) is 7.63. The van der Waals surface area contributed by atoms with Crippen molar-refractivity contribution in [3.63, 3.8) is 0 Å². The zero-order valence-electron chi connectivity index (χ0n) is 18.0. The Hall–Kier alpha value is -2.90. The van der Waals surface area contributed by atoms with Crippen molar-refractivity contribution in [2.24, 2.45) is 0 Å². The van der Waals surface area contributed by atoms with Crippen molar-refractivity contribution in [2.45, 2.75) is 32.4 Å². The zero-order valence-corrected chi connectivity index (χ0v) is 19.6. The Morgan fingerprint density at radius 1 is 1.16 bits per heavy atom. The van der Waals surface area contributed by atoms with Gasteiger partial charge in [0.25, 0.3) is 11.8 Å². The molecule has 3 aromatic rings. The summed E-state index contributed by atoms with van der Waals surface area (Å²) in [6.07, 6.45) is 2.40. The molecule has 4 rings (SSSR count). The number of carbonyl (C=O) groups is 2. The van der Waals surface area contributed by atoms with Crippen LogP contribution in [0, 0.1) is 0 Å². The van der Waals surface area contributed by atoms with Gasteiger partial charge in [0.05, 0.1) is 23.5 Å². The first-order valence-electron chi connectivity index (χ1n) is 10.6. The molecule has 6 nitrogen and oxygen atoms in total. The predicted octanol–water partition coefficient (Wildman–Crippen LogP) is 4.99. The van der Waals surface area contributed by atoms with Gasteiger partial charge in [-0.05, 0) is 56.2 Å². The lowest BCUT2D eigenvalue weighted by Gasteiger charge is -2.24. The summed E-state index contributed by atoms with van der Waals surface area (Å²) in [6, 6.07) is 14.4. The number of rotatable bonds is 8. The molecule has 0 saturated heterocycles. The van der Waals surface area contributed by atoms with Crippen LogP contribution in [0.3, 0.4) is 0 Å². The maximum atomic E-state index is 13.6. The lowest BCUT2D eigenvalue weighted by molar-refractivity contribution is 0.0963. The second kappa shape index (κ2) is 9.71. The van der Waals surface area contributed by atoms with Crippen molar-refractivity contribution in [2.75, 3.05) is 23.4 Å². The number of benzene rings is 2. The van der Waals surface area contributed by atoms with Gasteiger partial charge in [-0.3, -0.25) is 9.59 Å². The van der Waals surface area contributed by atoms with Crippen molar-refractivity contribution < 1.29 is 9.59 Å². The molecule has 1 aromatic heterocycles. The molecule has 1 N–H and O–H groups in total. The summed E-state index contributed by atoms with van der Waals surface area (Å²) in [5, 5.41) is 6.18. The molecule has 0 bridgehead atoms. The van der Waals surface area contributed by atoms with Crippen LogP contribution in [0.15, 0.2) is 53.9 Å². The number of hydrogen-bond donors (Lipinski definition) is 1. The van der Waals surface area contributed by atoms with E-state index in [0.717, 1.165) is 17.4 Å². The third-order valence-corrected chi connectivity index (χ3v) is 6.62. The number of hydrogen-bond acceptors (Lipinski definition) is 5. The summed E-state index contributed by atoms with van der Waals surface area (Å²) >= 11 is 7.61. The summed E-state index contributed by atoms with van der Waals surface area (Å²) in [7, 11) is 1.58. The molecule has 166 valence electrons. The normalized spacial score (nSPS) is 13.0. The molecule has 0 atom stereocenters. The Balaban J connectivity index is 1.70. The quantitative estimate of drug-likeness (QED) is 0.505. The number of thiazole rings is 1. The second-order valence-corrected chi connectivity index (χ2v) is 8.91. The highest BCUT2D eigenvalue weighted by Crippen LogP contribution is 2.34. The summed E-state index contributed by atoms with van der Waals surface area (Å²) in [5.41, 5.74) is 2.25. The molecule has 32 heavy (non-hydrogen) atoms. The molecule has 2 aromatic carbocycles. The molecule has 0 aliphatic heterocycles. The zero-order chi connectivity index (χ0) is 22.7. The molecule has 8 heteroatoms. The van der Waals surface area contributed by atoms with Gasteiger partial charge in [0, 0.05) is 35.6 Å². The molecule has 0 radical (unpaired) electrons. The minimum absolute atomic E-state index is 0.220. The van der Waals surface area contributed by atoms with Gasteiger partial charge in [-0.2, -0.15) is 0 Å². The van der Waals surface area contributed by atoms with Crippen molar-refractivity contribution in [1.29, 1.82) is 0 Å². The molecule has 1 aliphatic rings. The number of halogens is 1. The lowest BCUT2D eigenvalue weighted by atomic mass is 10.1. The molecule has 0 unspecified atom stereocenters. The molecule has 0 spiro atoms. The molecular formula is C24H25ClN4O2S. The number of nitrogens with zero attached hydrogens (tertiary/aromatic N) is 3. The first-order valence-corrected chi connectivity index (χ1v) is 11.9. The Morgan fingerprint density at radius 3 is 2.53 bits per heavy atom. The van der Waals surface area contributed by atoms with Crippen molar-refractivity contribution in [1.82, 2.24) is 10.3 Å². The average Bonchev–Trinajstić information content (AvgIpc) is 3.55. The van der Waals surface area contributed by atoms with Gasteiger partial charge < -0.3 is 15.1 Å². The number of aromatic nitrogens is 1.